The van der Waals surface area contributed by atoms with Crippen LogP contribution in [0, 0.1) is 0 Å². The Balaban J connectivity index is 1.79. The van der Waals surface area contributed by atoms with Crippen molar-refractivity contribution in [3.63, 3.8) is 0 Å². The van der Waals surface area contributed by atoms with Crippen molar-refractivity contribution in [3.8, 4) is 11.4 Å². The fraction of sp³-hybridized carbons (Fsp3) is 0.450. The zero-order valence-electron chi connectivity index (χ0n) is 16.0. The second kappa shape index (κ2) is 9.21. The Morgan fingerprint density at radius 1 is 1.11 bits per heavy atom. The number of amides is 1. The zero-order chi connectivity index (χ0) is 19.1. The van der Waals surface area contributed by atoms with E-state index in [-0.39, 0.29) is 6.09 Å². The number of aromatic nitrogens is 2. The van der Waals surface area contributed by atoms with Crippen molar-refractivity contribution in [1.82, 2.24) is 14.9 Å². The van der Waals surface area contributed by atoms with Crippen LogP contribution in [0.15, 0.2) is 36.4 Å². The summed E-state index contributed by atoms with van der Waals surface area (Å²) in [4.78, 5) is 25.3. The van der Waals surface area contributed by atoms with Gasteiger partial charge in [0.1, 0.15) is 11.6 Å². The molecule has 0 bridgehead atoms. The van der Waals surface area contributed by atoms with Crippen molar-refractivity contribution in [3.05, 3.63) is 36.4 Å². The molecular weight excluding hydrogens is 342 g/mol. The average molecular weight is 369 g/mol. The van der Waals surface area contributed by atoms with Crippen LogP contribution >= 0.6 is 0 Å². The van der Waals surface area contributed by atoms with Crippen molar-refractivity contribution < 1.29 is 9.53 Å². The number of nitrogens with zero attached hydrogens (tertiary/aromatic N) is 4. The van der Waals surface area contributed by atoms with Gasteiger partial charge in [-0.3, -0.25) is 0 Å². The van der Waals surface area contributed by atoms with Crippen molar-refractivity contribution >= 4 is 17.7 Å². The second-order valence-corrected chi connectivity index (χ2v) is 6.40. The van der Waals surface area contributed by atoms with Crippen LogP contribution < -0.4 is 10.2 Å². The largest absolute Gasteiger partial charge is 0.450 e. The van der Waals surface area contributed by atoms with Crippen molar-refractivity contribution in [2.45, 2.75) is 20.3 Å². The standard InChI is InChI=1S/C20H27N5O2/c1-3-10-21-17-15-18(23-19(22-17)16-8-6-5-7-9-16)24-11-13-25(14-12-24)20(26)27-4-2/h5-9,15H,3-4,10-14H2,1-2H3,(H,21,22,23). The lowest BCUT2D eigenvalue weighted by atomic mass is 10.2. The van der Waals surface area contributed by atoms with E-state index in [9.17, 15) is 4.79 Å². The van der Waals surface area contributed by atoms with E-state index >= 15 is 0 Å². The second-order valence-electron chi connectivity index (χ2n) is 6.40. The lowest BCUT2D eigenvalue weighted by Crippen LogP contribution is -2.49. The summed E-state index contributed by atoms with van der Waals surface area (Å²) in [7, 11) is 0. The highest BCUT2D eigenvalue weighted by Crippen LogP contribution is 2.23. The van der Waals surface area contributed by atoms with E-state index in [4.69, 9.17) is 9.72 Å². The van der Waals surface area contributed by atoms with Crippen LogP contribution in [-0.2, 0) is 4.74 Å². The van der Waals surface area contributed by atoms with Crippen LogP contribution in [-0.4, -0.2) is 60.3 Å². The minimum absolute atomic E-state index is 0.241. The molecule has 3 rings (SSSR count). The smallest absolute Gasteiger partial charge is 0.409 e. The Labute approximate surface area is 160 Å². The first kappa shape index (κ1) is 18.9. The molecule has 0 atom stereocenters. The van der Waals surface area contributed by atoms with E-state index in [0.717, 1.165) is 43.3 Å². The number of hydrogen-bond acceptors (Lipinski definition) is 6. The molecular formula is C20H27N5O2. The Hall–Kier alpha value is -2.83. The number of carbonyl (C=O) groups excluding carboxylic acids is 1. The van der Waals surface area contributed by atoms with Gasteiger partial charge in [-0.25, -0.2) is 14.8 Å². The molecule has 1 aliphatic rings. The molecule has 1 fully saturated rings. The molecule has 1 aliphatic heterocycles. The Kier molecular flexibility index (Phi) is 6.46. The fourth-order valence-corrected chi connectivity index (χ4v) is 2.99. The molecule has 2 aromatic rings. The molecule has 7 heteroatoms. The van der Waals surface area contributed by atoms with E-state index in [1.165, 1.54) is 0 Å². The third kappa shape index (κ3) is 4.87. The molecule has 1 amide bonds. The number of hydrogen-bond donors (Lipinski definition) is 1. The summed E-state index contributed by atoms with van der Waals surface area (Å²) in [6, 6.07) is 12.0. The zero-order valence-corrected chi connectivity index (χ0v) is 16.0. The lowest BCUT2D eigenvalue weighted by Gasteiger charge is -2.34. The summed E-state index contributed by atoms with van der Waals surface area (Å²) in [6.45, 7) is 7.91. The molecule has 1 N–H and O–H groups in total. The summed E-state index contributed by atoms with van der Waals surface area (Å²) >= 11 is 0. The molecule has 7 nitrogen and oxygen atoms in total. The van der Waals surface area contributed by atoms with Gasteiger partial charge in [0.05, 0.1) is 6.61 Å². The minimum atomic E-state index is -0.241. The maximum absolute atomic E-state index is 11.9. The quantitative estimate of drug-likeness (QED) is 0.843. The molecule has 0 aliphatic carbocycles. The van der Waals surface area contributed by atoms with Crippen LogP contribution in [0.2, 0.25) is 0 Å². The normalized spacial score (nSPS) is 14.1. The third-order valence-electron chi connectivity index (χ3n) is 4.43. The topological polar surface area (TPSA) is 70.6 Å². The molecule has 1 aromatic carbocycles. The van der Waals surface area contributed by atoms with E-state index in [0.29, 0.717) is 25.5 Å². The summed E-state index contributed by atoms with van der Waals surface area (Å²) < 4.78 is 5.10. The summed E-state index contributed by atoms with van der Waals surface area (Å²) in [5.41, 5.74) is 0.990. The van der Waals surface area contributed by atoms with E-state index < -0.39 is 0 Å². The first-order chi connectivity index (χ1) is 13.2. The van der Waals surface area contributed by atoms with Gasteiger partial charge in [0.2, 0.25) is 0 Å². The van der Waals surface area contributed by atoms with Gasteiger partial charge in [-0.1, -0.05) is 37.3 Å². The number of anilines is 2. The fourth-order valence-electron chi connectivity index (χ4n) is 2.99. The molecule has 0 saturated carbocycles. The van der Waals surface area contributed by atoms with Gasteiger partial charge in [-0.2, -0.15) is 0 Å². The molecule has 0 unspecified atom stereocenters. The Bertz CT molecular complexity index is 745. The monoisotopic (exact) mass is 369 g/mol. The van der Waals surface area contributed by atoms with Gasteiger partial charge in [0.15, 0.2) is 5.82 Å². The van der Waals surface area contributed by atoms with Crippen LogP contribution in [0.4, 0.5) is 16.4 Å². The van der Waals surface area contributed by atoms with Gasteiger partial charge in [-0.05, 0) is 13.3 Å². The first-order valence-corrected chi connectivity index (χ1v) is 9.56. The minimum Gasteiger partial charge on any atom is -0.450 e. The number of rotatable bonds is 6. The molecule has 2 heterocycles. The summed E-state index contributed by atoms with van der Waals surface area (Å²) in [6.07, 6.45) is 0.785. The molecule has 1 aromatic heterocycles. The number of benzene rings is 1. The van der Waals surface area contributed by atoms with E-state index in [1.807, 2.05) is 43.3 Å². The lowest BCUT2D eigenvalue weighted by molar-refractivity contribution is 0.105. The van der Waals surface area contributed by atoms with Crippen molar-refractivity contribution in [2.75, 3.05) is 49.5 Å². The van der Waals surface area contributed by atoms with Crippen LogP contribution in [0.25, 0.3) is 11.4 Å². The van der Waals surface area contributed by atoms with E-state index in [2.05, 4.69) is 22.1 Å². The van der Waals surface area contributed by atoms with Gasteiger partial charge in [0.25, 0.3) is 0 Å². The Morgan fingerprint density at radius 2 is 1.85 bits per heavy atom. The average Bonchev–Trinajstić information content (AvgIpc) is 2.73. The van der Waals surface area contributed by atoms with E-state index in [1.54, 1.807) is 4.90 Å². The van der Waals surface area contributed by atoms with Gasteiger partial charge < -0.3 is 19.9 Å². The predicted octanol–water partition coefficient (Wildman–Crippen LogP) is 3.24. The first-order valence-electron chi connectivity index (χ1n) is 9.56. The highest BCUT2D eigenvalue weighted by Gasteiger charge is 2.23. The predicted molar refractivity (Wildman–Crippen MR) is 107 cm³/mol. The van der Waals surface area contributed by atoms with Crippen LogP contribution in [0.5, 0.6) is 0 Å². The molecule has 27 heavy (non-hydrogen) atoms. The number of piperazine rings is 1. The van der Waals surface area contributed by atoms with Gasteiger partial charge >= 0.3 is 6.09 Å². The molecule has 0 spiro atoms. The Morgan fingerprint density at radius 3 is 2.52 bits per heavy atom. The molecule has 1 saturated heterocycles. The SMILES string of the molecule is CCCNc1cc(N2CCN(C(=O)OCC)CC2)nc(-c2ccccc2)n1. The van der Waals surface area contributed by atoms with Crippen LogP contribution in [0.1, 0.15) is 20.3 Å². The number of nitrogens with one attached hydrogen (secondary N) is 1. The maximum atomic E-state index is 11.9. The van der Waals surface area contributed by atoms with Gasteiger partial charge in [-0.15, -0.1) is 0 Å². The maximum Gasteiger partial charge on any atom is 0.409 e. The number of ether oxygens (including phenoxy) is 1. The summed E-state index contributed by atoms with van der Waals surface area (Å²) in [5, 5.41) is 3.37. The molecule has 0 radical (unpaired) electrons. The van der Waals surface area contributed by atoms with Crippen LogP contribution in [0.3, 0.4) is 0 Å². The summed E-state index contributed by atoms with van der Waals surface area (Å²) in [5.74, 6) is 2.42. The highest BCUT2D eigenvalue weighted by molar-refractivity contribution is 5.68. The van der Waals surface area contributed by atoms with Crippen molar-refractivity contribution in [2.24, 2.45) is 0 Å². The number of carbonyl (C=O) groups is 1. The van der Waals surface area contributed by atoms with Gasteiger partial charge in [0, 0.05) is 44.4 Å². The molecule has 144 valence electrons. The highest BCUT2D eigenvalue weighted by atomic mass is 16.6. The third-order valence-corrected chi connectivity index (χ3v) is 4.43. The van der Waals surface area contributed by atoms with Crippen molar-refractivity contribution in [1.29, 1.82) is 0 Å².